The second-order valence-corrected chi connectivity index (χ2v) is 4.76. The summed E-state index contributed by atoms with van der Waals surface area (Å²) >= 11 is 5.92. The van der Waals surface area contributed by atoms with Crippen molar-refractivity contribution in [1.82, 2.24) is 5.32 Å². The number of benzene rings is 2. The van der Waals surface area contributed by atoms with Crippen molar-refractivity contribution in [2.24, 2.45) is 0 Å². The lowest BCUT2D eigenvalue weighted by atomic mass is 10.2. The molecule has 0 fully saturated rings. The molecule has 2 aromatic rings. The first-order chi connectivity index (χ1) is 10.5. The molecule has 0 radical (unpaired) electrons. The lowest BCUT2D eigenvalue weighted by molar-refractivity contribution is -0.136. The Kier molecular flexibility index (Phi) is 5.06. The van der Waals surface area contributed by atoms with Gasteiger partial charge in [0.25, 0.3) is 0 Å². The molecule has 7 heteroatoms. The molecule has 2 aromatic carbocycles. The first kappa shape index (κ1) is 15.9. The molecule has 0 saturated carbocycles. The van der Waals surface area contributed by atoms with Crippen molar-refractivity contribution >= 4 is 29.1 Å². The van der Waals surface area contributed by atoms with E-state index in [9.17, 15) is 18.4 Å². The van der Waals surface area contributed by atoms with Crippen molar-refractivity contribution in [3.8, 4) is 0 Å². The van der Waals surface area contributed by atoms with E-state index in [1.54, 1.807) is 24.3 Å². The SMILES string of the molecule is O=C(NCc1ccccc1Cl)C(=O)Nc1ccc(F)cc1F. The van der Waals surface area contributed by atoms with E-state index < -0.39 is 23.4 Å². The number of carbonyl (C=O) groups is 2. The lowest BCUT2D eigenvalue weighted by Gasteiger charge is -2.08. The van der Waals surface area contributed by atoms with E-state index in [0.29, 0.717) is 16.7 Å². The average molecular weight is 325 g/mol. The number of hydrogen-bond acceptors (Lipinski definition) is 2. The van der Waals surface area contributed by atoms with Crippen LogP contribution in [0.4, 0.5) is 14.5 Å². The van der Waals surface area contributed by atoms with Crippen molar-refractivity contribution in [2.75, 3.05) is 5.32 Å². The minimum Gasteiger partial charge on any atom is -0.344 e. The highest BCUT2D eigenvalue weighted by molar-refractivity contribution is 6.39. The van der Waals surface area contributed by atoms with Crippen molar-refractivity contribution in [1.29, 1.82) is 0 Å². The first-order valence-corrected chi connectivity index (χ1v) is 6.63. The smallest absolute Gasteiger partial charge is 0.313 e. The lowest BCUT2D eigenvalue weighted by Crippen LogP contribution is -2.35. The van der Waals surface area contributed by atoms with Crippen LogP contribution in [0.2, 0.25) is 5.02 Å². The molecule has 0 bridgehead atoms. The van der Waals surface area contributed by atoms with Gasteiger partial charge in [0.05, 0.1) is 5.69 Å². The van der Waals surface area contributed by atoms with E-state index in [1.165, 1.54) is 0 Å². The fourth-order valence-electron chi connectivity index (χ4n) is 1.67. The molecule has 0 saturated heterocycles. The summed E-state index contributed by atoms with van der Waals surface area (Å²) in [6.45, 7) is 0.0534. The van der Waals surface area contributed by atoms with E-state index >= 15 is 0 Å². The zero-order valence-corrected chi connectivity index (χ0v) is 12.0. The Morgan fingerprint density at radius 2 is 1.77 bits per heavy atom. The monoisotopic (exact) mass is 324 g/mol. The second-order valence-electron chi connectivity index (χ2n) is 4.35. The summed E-state index contributed by atoms with van der Waals surface area (Å²) in [6, 6.07) is 9.43. The van der Waals surface area contributed by atoms with Crippen LogP contribution in [0.3, 0.4) is 0 Å². The van der Waals surface area contributed by atoms with Crippen LogP contribution < -0.4 is 10.6 Å². The fourth-order valence-corrected chi connectivity index (χ4v) is 1.87. The zero-order valence-electron chi connectivity index (χ0n) is 11.2. The van der Waals surface area contributed by atoms with Gasteiger partial charge in [0.1, 0.15) is 11.6 Å². The minimum atomic E-state index is -1.06. The molecule has 0 unspecified atom stereocenters. The largest absolute Gasteiger partial charge is 0.344 e. The van der Waals surface area contributed by atoms with Gasteiger partial charge in [-0.05, 0) is 23.8 Å². The molecule has 0 spiro atoms. The van der Waals surface area contributed by atoms with Crippen LogP contribution in [0.1, 0.15) is 5.56 Å². The summed E-state index contributed by atoms with van der Waals surface area (Å²) in [6.07, 6.45) is 0. The minimum absolute atomic E-state index is 0.0534. The molecule has 0 aliphatic heterocycles. The summed E-state index contributed by atoms with van der Waals surface area (Å²) in [5.41, 5.74) is 0.359. The third-order valence-corrected chi connectivity index (χ3v) is 3.15. The predicted octanol–water partition coefficient (Wildman–Crippen LogP) is 2.87. The maximum atomic E-state index is 13.4. The van der Waals surface area contributed by atoms with E-state index in [1.807, 2.05) is 0 Å². The van der Waals surface area contributed by atoms with Crippen LogP contribution >= 0.6 is 11.6 Å². The van der Waals surface area contributed by atoms with Gasteiger partial charge in [0.15, 0.2) is 0 Å². The number of nitrogens with one attached hydrogen (secondary N) is 2. The second kappa shape index (κ2) is 7.00. The van der Waals surface area contributed by atoms with Crippen LogP contribution in [0.25, 0.3) is 0 Å². The number of rotatable bonds is 3. The molecule has 2 N–H and O–H groups in total. The Morgan fingerprint density at radius 3 is 2.45 bits per heavy atom. The summed E-state index contributed by atoms with van der Waals surface area (Å²) in [5.74, 6) is -3.76. The first-order valence-electron chi connectivity index (χ1n) is 6.25. The van der Waals surface area contributed by atoms with Crippen LogP contribution in [0.5, 0.6) is 0 Å². The molecule has 0 aromatic heterocycles. The molecule has 0 atom stereocenters. The number of carbonyl (C=O) groups excluding carboxylic acids is 2. The molecule has 0 aliphatic carbocycles. The van der Waals surface area contributed by atoms with Crippen molar-refractivity contribution < 1.29 is 18.4 Å². The maximum Gasteiger partial charge on any atom is 0.313 e. The van der Waals surface area contributed by atoms with Gasteiger partial charge >= 0.3 is 11.8 Å². The van der Waals surface area contributed by atoms with Gasteiger partial charge < -0.3 is 10.6 Å². The van der Waals surface area contributed by atoms with Crippen molar-refractivity contribution in [2.45, 2.75) is 6.54 Å². The Morgan fingerprint density at radius 1 is 1.05 bits per heavy atom. The highest BCUT2D eigenvalue weighted by Gasteiger charge is 2.16. The number of halogens is 3. The molecule has 22 heavy (non-hydrogen) atoms. The van der Waals surface area contributed by atoms with Gasteiger partial charge in [0.2, 0.25) is 0 Å². The normalized spacial score (nSPS) is 10.1. The van der Waals surface area contributed by atoms with E-state index in [-0.39, 0.29) is 12.2 Å². The molecular formula is C15H11ClF2N2O2. The fraction of sp³-hybridized carbons (Fsp3) is 0.0667. The van der Waals surface area contributed by atoms with E-state index in [2.05, 4.69) is 10.6 Å². The maximum absolute atomic E-state index is 13.4. The molecule has 114 valence electrons. The van der Waals surface area contributed by atoms with Gasteiger partial charge in [-0.25, -0.2) is 8.78 Å². The Bertz CT molecular complexity index is 722. The quantitative estimate of drug-likeness (QED) is 0.853. The van der Waals surface area contributed by atoms with Crippen LogP contribution in [0.15, 0.2) is 42.5 Å². The Hall–Kier alpha value is -2.47. The number of amides is 2. The molecule has 2 amide bonds. The summed E-state index contributed by atoms with van der Waals surface area (Å²) in [4.78, 5) is 23.3. The summed E-state index contributed by atoms with van der Waals surface area (Å²) in [7, 11) is 0. The Labute approximate surface area is 130 Å². The average Bonchev–Trinajstić information content (AvgIpc) is 2.49. The highest BCUT2D eigenvalue weighted by Crippen LogP contribution is 2.15. The van der Waals surface area contributed by atoms with Crippen LogP contribution in [-0.2, 0) is 16.1 Å². The zero-order chi connectivity index (χ0) is 16.1. The Balaban J connectivity index is 1.95. The number of hydrogen-bond donors (Lipinski definition) is 2. The molecule has 4 nitrogen and oxygen atoms in total. The standard InChI is InChI=1S/C15H11ClF2N2O2/c16-11-4-2-1-3-9(11)8-19-14(21)15(22)20-13-6-5-10(17)7-12(13)18/h1-7H,8H2,(H,19,21)(H,20,22). The third kappa shape index (κ3) is 4.02. The van der Waals surface area contributed by atoms with Gasteiger partial charge in [-0.2, -0.15) is 0 Å². The topological polar surface area (TPSA) is 58.2 Å². The summed E-state index contributed by atoms with van der Waals surface area (Å²) < 4.78 is 26.1. The van der Waals surface area contributed by atoms with Gasteiger partial charge in [-0.15, -0.1) is 0 Å². The number of anilines is 1. The molecular weight excluding hydrogens is 314 g/mol. The van der Waals surface area contributed by atoms with Gasteiger partial charge in [0, 0.05) is 17.6 Å². The highest BCUT2D eigenvalue weighted by atomic mass is 35.5. The van der Waals surface area contributed by atoms with Crippen molar-refractivity contribution in [3.05, 3.63) is 64.7 Å². The predicted molar refractivity (Wildman–Crippen MR) is 78.3 cm³/mol. The van der Waals surface area contributed by atoms with Crippen LogP contribution in [-0.4, -0.2) is 11.8 Å². The third-order valence-electron chi connectivity index (χ3n) is 2.78. The van der Waals surface area contributed by atoms with Crippen molar-refractivity contribution in [3.63, 3.8) is 0 Å². The van der Waals surface area contributed by atoms with E-state index in [4.69, 9.17) is 11.6 Å². The molecule has 0 aliphatic rings. The summed E-state index contributed by atoms with van der Waals surface area (Å²) in [5, 5.41) is 4.87. The van der Waals surface area contributed by atoms with Crippen LogP contribution in [0, 0.1) is 11.6 Å². The molecule has 2 rings (SSSR count). The van der Waals surface area contributed by atoms with E-state index in [0.717, 1.165) is 12.1 Å². The molecule has 0 heterocycles. The van der Waals surface area contributed by atoms with Gasteiger partial charge in [-0.3, -0.25) is 9.59 Å². The van der Waals surface area contributed by atoms with Gasteiger partial charge in [-0.1, -0.05) is 29.8 Å².